The van der Waals surface area contributed by atoms with Gasteiger partial charge in [0.15, 0.2) is 0 Å². The minimum Gasteiger partial charge on any atom is -0.462 e. The van der Waals surface area contributed by atoms with Gasteiger partial charge in [0.1, 0.15) is 5.00 Å². The maximum Gasteiger partial charge on any atom is 0.341 e. The zero-order valence-electron chi connectivity index (χ0n) is 16.5. The van der Waals surface area contributed by atoms with Gasteiger partial charge in [0.2, 0.25) is 11.1 Å². The molecule has 0 bridgehead atoms. The van der Waals surface area contributed by atoms with Gasteiger partial charge in [-0.15, -0.1) is 16.4 Å². The van der Waals surface area contributed by atoms with Gasteiger partial charge in [-0.25, -0.2) is 9.48 Å². The lowest BCUT2D eigenvalue weighted by Crippen LogP contribution is -2.24. The van der Waals surface area contributed by atoms with Crippen molar-refractivity contribution in [2.75, 3.05) is 17.7 Å². The number of rotatable bonds is 7. The molecule has 148 valence electrons. The number of aromatic nitrogens is 4. The minimum absolute atomic E-state index is 0.136. The van der Waals surface area contributed by atoms with E-state index in [1.807, 2.05) is 34.6 Å². The molecule has 0 fully saturated rings. The smallest absolute Gasteiger partial charge is 0.341 e. The predicted molar refractivity (Wildman–Crippen MR) is 107 cm³/mol. The molecule has 10 heteroatoms. The molecule has 2 aromatic heterocycles. The van der Waals surface area contributed by atoms with Gasteiger partial charge in [-0.2, -0.15) is 0 Å². The van der Waals surface area contributed by atoms with Crippen molar-refractivity contribution in [1.82, 2.24) is 20.2 Å². The molecule has 0 spiro atoms. The molecule has 1 N–H and O–H groups in total. The molecule has 2 rings (SSSR count). The molecular weight excluding hydrogens is 386 g/mol. The van der Waals surface area contributed by atoms with Gasteiger partial charge < -0.3 is 10.1 Å². The first-order chi connectivity index (χ1) is 12.7. The number of ether oxygens (including phenoxy) is 1. The molecule has 0 aliphatic carbocycles. The molecule has 0 aromatic carbocycles. The second-order valence-electron chi connectivity index (χ2n) is 6.80. The standard InChI is InChI=1S/C17H25N5O3S2/c1-7-11-10(3)27-14(13(11)15(24)25-8-2)18-12(23)9-26-16-19-20-21-22(16)17(4,5)6/h7-9H2,1-6H3,(H,18,23). The van der Waals surface area contributed by atoms with E-state index >= 15 is 0 Å². The lowest BCUT2D eigenvalue weighted by Gasteiger charge is -2.19. The SMILES string of the molecule is CCOC(=O)c1c(NC(=O)CSc2nnnn2C(C)(C)C)sc(C)c1CC. The van der Waals surface area contributed by atoms with Gasteiger partial charge >= 0.3 is 5.97 Å². The van der Waals surface area contributed by atoms with Crippen LogP contribution in [0, 0.1) is 6.92 Å². The lowest BCUT2D eigenvalue weighted by molar-refractivity contribution is -0.113. The van der Waals surface area contributed by atoms with Crippen LogP contribution in [-0.4, -0.2) is 44.4 Å². The molecule has 0 unspecified atom stereocenters. The first-order valence-corrected chi connectivity index (χ1v) is 10.5. The molecule has 1 amide bonds. The van der Waals surface area contributed by atoms with Gasteiger partial charge in [0, 0.05) is 4.88 Å². The van der Waals surface area contributed by atoms with E-state index in [1.165, 1.54) is 23.1 Å². The second-order valence-corrected chi connectivity index (χ2v) is 8.96. The van der Waals surface area contributed by atoms with Crippen molar-refractivity contribution in [1.29, 1.82) is 0 Å². The van der Waals surface area contributed by atoms with Gasteiger partial charge in [0.25, 0.3) is 0 Å². The van der Waals surface area contributed by atoms with Gasteiger partial charge in [-0.05, 0) is 57.0 Å². The van der Waals surface area contributed by atoms with E-state index in [4.69, 9.17) is 4.74 Å². The van der Waals surface area contributed by atoms with Gasteiger partial charge in [0.05, 0.1) is 23.5 Å². The number of carbonyl (C=O) groups excluding carboxylic acids is 2. The third kappa shape index (κ3) is 5.07. The third-order valence-corrected chi connectivity index (χ3v) is 5.69. The second kappa shape index (κ2) is 8.83. The number of esters is 1. The number of hydrogen-bond donors (Lipinski definition) is 1. The molecule has 0 saturated heterocycles. The average molecular weight is 412 g/mol. The fourth-order valence-electron chi connectivity index (χ4n) is 2.49. The van der Waals surface area contributed by atoms with E-state index < -0.39 is 5.97 Å². The summed E-state index contributed by atoms with van der Waals surface area (Å²) in [6.07, 6.45) is 0.696. The molecule has 2 heterocycles. The van der Waals surface area contributed by atoms with Crippen LogP contribution in [0.2, 0.25) is 0 Å². The Morgan fingerprint density at radius 1 is 1.30 bits per heavy atom. The van der Waals surface area contributed by atoms with Crippen LogP contribution in [0.3, 0.4) is 0 Å². The van der Waals surface area contributed by atoms with Gasteiger partial charge in [-0.1, -0.05) is 18.7 Å². The molecule has 0 aliphatic rings. The van der Waals surface area contributed by atoms with Crippen molar-refractivity contribution in [2.24, 2.45) is 0 Å². The summed E-state index contributed by atoms with van der Waals surface area (Å²) in [5, 5.41) is 15.6. The quantitative estimate of drug-likeness (QED) is 0.551. The fourth-order valence-corrected chi connectivity index (χ4v) is 4.50. The molecule has 8 nitrogen and oxygen atoms in total. The van der Waals surface area contributed by atoms with E-state index in [-0.39, 0.29) is 23.8 Å². The predicted octanol–water partition coefficient (Wildman–Crippen LogP) is 3.27. The van der Waals surface area contributed by atoms with E-state index in [0.717, 1.165) is 10.4 Å². The average Bonchev–Trinajstić information content (AvgIpc) is 3.17. The summed E-state index contributed by atoms with van der Waals surface area (Å²) in [4.78, 5) is 25.8. The highest BCUT2D eigenvalue weighted by Gasteiger charge is 2.24. The van der Waals surface area contributed by atoms with Crippen molar-refractivity contribution < 1.29 is 14.3 Å². The van der Waals surface area contributed by atoms with Crippen molar-refractivity contribution in [3.05, 3.63) is 16.0 Å². The first-order valence-electron chi connectivity index (χ1n) is 8.69. The number of aryl methyl sites for hydroxylation is 1. The summed E-state index contributed by atoms with van der Waals surface area (Å²) < 4.78 is 6.84. The Labute approximate surface area is 167 Å². The highest BCUT2D eigenvalue weighted by atomic mass is 32.2. The number of amides is 1. The Bertz CT molecular complexity index is 823. The van der Waals surface area contributed by atoms with Crippen LogP contribution in [0.1, 0.15) is 55.4 Å². The lowest BCUT2D eigenvalue weighted by atomic mass is 10.1. The third-order valence-electron chi connectivity index (χ3n) is 3.70. The molecule has 0 atom stereocenters. The highest BCUT2D eigenvalue weighted by Crippen LogP contribution is 2.34. The largest absolute Gasteiger partial charge is 0.462 e. The number of hydrogen-bond acceptors (Lipinski definition) is 8. The summed E-state index contributed by atoms with van der Waals surface area (Å²) in [6, 6.07) is 0. The fraction of sp³-hybridized carbons (Fsp3) is 0.588. The zero-order valence-corrected chi connectivity index (χ0v) is 18.1. The van der Waals surface area contributed by atoms with Crippen LogP contribution in [0.5, 0.6) is 0 Å². The number of nitrogens with one attached hydrogen (secondary N) is 1. The topological polar surface area (TPSA) is 99.0 Å². The monoisotopic (exact) mass is 411 g/mol. The maximum atomic E-state index is 12.5. The van der Waals surface area contributed by atoms with Crippen LogP contribution >= 0.6 is 23.1 Å². The number of nitrogens with zero attached hydrogens (tertiary/aromatic N) is 4. The summed E-state index contributed by atoms with van der Waals surface area (Å²) in [5.41, 5.74) is 1.10. The molecule has 0 radical (unpaired) electrons. The number of anilines is 1. The van der Waals surface area contributed by atoms with Crippen LogP contribution in [0.25, 0.3) is 0 Å². The molecule has 0 saturated carbocycles. The van der Waals surface area contributed by atoms with E-state index in [9.17, 15) is 9.59 Å². The summed E-state index contributed by atoms with van der Waals surface area (Å²) in [6.45, 7) is 11.9. The van der Waals surface area contributed by atoms with E-state index in [0.29, 0.717) is 22.1 Å². The van der Waals surface area contributed by atoms with Crippen LogP contribution < -0.4 is 5.32 Å². The zero-order chi connectivity index (χ0) is 20.2. The van der Waals surface area contributed by atoms with Crippen LogP contribution in [0.4, 0.5) is 5.00 Å². The Morgan fingerprint density at radius 2 is 2.00 bits per heavy atom. The van der Waals surface area contributed by atoms with Crippen molar-refractivity contribution >= 4 is 40.0 Å². The molecule has 0 aliphatic heterocycles. The van der Waals surface area contributed by atoms with E-state index in [1.54, 1.807) is 11.6 Å². The Morgan fingerprint density at radius 3 is 2.59 bits per heavy atom. The Hall–Kier alpha value is -1.94. The normalized spacial score (nSPS) is 11.5. The van der Waals surface area contributed by atoms with Crippen molar-refractivity contribution in [3.63, 3.8) is 0 Å². The minimum atomic E-state index is -0.404. The number of tetrazole rings is 1. The summed E-state index contributed by atoms with van der Waals surface area (Å²) in [7, 11) is 0. The summed E-state index contributed by atoms with van der Waals surface area (Å²) in [5.74, 6) is -0.492. The van der Waals surface area contributed by atoms with Crippen molar-refractivity contribution in [2.45, 2.75) is 58.7 Å². The number of thioether (sulfide) groups is 1. The Kier molecular flexibility index (Phi) is 6.99. The summed E-state index contributed by atoms with van der Waals surface area (Å²) >= 11 is 2.64. The highest BCUT2D eigenvalue weighted by molar-refractivity contribution is 7.99. The molecule has 27 heavy (non-hydrogen) atoms. The van der Waals surface area contributed by atoms with Crippen LogP contribution in [-0.2, 0) is 21.5 Å². The maximum absolute atomic E-state index is 12.5. The number of thiophene rings is 1. The van der Waals surface area contributed by atoms with E-state index in [2.05, 4.69) is 20.8 Å². The number of carbonyl (C=O) groups is 2. The molecular formula is C17H25N5O3S2. The van der Waals surface area contributed by atoms with Crippen LogP contribution in [0.15, 0.2) is 5.16 Å². The molecule has 2 aromatic rings. The van der Waals surface area contributed by atoms with Gasteiger partial charge in [-0.3, -0.25) is 4.79 Å². The first kappa shape index (κ1) is 21.4. The van der Waals surface area contributed by atoms with Crippen molar-refractivity contribution in [3.8, 4) is 0 Å². The Balaban J connectivity index is 2.12.